The molecule has 106 valence electrons. The zero-order valence-corrected chi connectivity index (χ0v) is 10.7. The number of hydrogen-bond acceptors (Lipinski definition) is 6. The number of rotatable bonds is 4. The molecule has 0 aliphatic carbocycles. The Morgan fingerprint density at radius 1 is 1.45 bits per heavy atom. The predicted molar refractivity (Wildman–Crippen MR) is 70.0 cm³/mol. The molecule has 0 aliphatic rings. The third-order valence-corrected chi connectivity index (χ3v) is 3.00. The molecule has 0 spiro atoms. The fourth-order valence-electron chi connectivity index (χ4n) is 1.89. The lowest BCUT2D eigenvalue weighted by atomic mass is 10.00. The zero-order valence-electron chi connectivity index (χ0n) is 10.7. The van der Waals surface area contributed by atoms with E-state index in [1.54, 1.807) is 6.07 Å². The summed E-state index contributed by atoms with van der Waals surface area (Å²) in [6, 6.07) is 4.59. The Labute approximate surface area is 113 Å². The van der Waals surface area contributed by atoms with Gasteiger partial charge in [0.2, 0.25) is 0 Å². The van der Waals surface area contributed by atoms with E-state index in [2.05, 4.69) is 14.9 Å². The maximum atomic E-state index is 11.5. The van der Waals surface area contributed by atoms with Gasteiger partial charge in [-0.1, -0.05) is 6.07 Å². The van der Waals surface area contributed by atoms with Crippen LogP contribution >= 0.6 is 0 Å². The lowest BCUT2D eigenvalue weighted by molar-refractivity contribution is -0.144. The number of fused-ring (bicyclic) bond motifs is 1. The molecular formula is C13H14N2O5. The molecular weight excluding hydrogens is 264 g/mol. The first-order valence-electron chi connectivity index (χ1n) is 5.93. The normalized spacial score (nSPS) is 13.9. The highest BCUT2D eigenvalue weighted by Crippen LogP contribution is 2.22. The van der Waals surface area contributed by atoms with Crippen LogP contribution in [0.3, 0.4) is 0 Å². The first-order chi connectivity index (χ1) is 9.52. The van der Waals surface area contributed by atoms with Gasteiger partial charge in [0, 0.05) is 5.39 Å². The van der Waals surface area contributed by atoms with Crippen molar-refractivity contribution in [3.05, 3.63) is 40.3 Å². The van der Waals surface area contributed by atoms with Gasteiger partial charge in [0.15, 0.2) is 0 Å². The van der Waals surface area contributed by atoms with E-state index in [9.17, 15) is 19.8 Å². The molecule has 0 saturated carbocycles. The van der Waals surface area contributed by atoms with Gasteiger partial charge in [-0.25, -0.2) is 5.10 Å². The number of carbonyl (C=O) groups excluding carboxylic acids is 1. The summed E-state index contributed by atoms with van der Waals surface area (Å²) in [7, 11) is 1.20. The van der Waals surface area contributed by atoms with Crippen LogP contribution in [0.5, 0.6) is 0 Å². The van der Waals surface area contributed by atoms with Crippen molar-refractivity contribution < 1.29 is 19.7 Å². The summed E-state index contributed by atoms with van der Waals surface area (Å²) in [6.45, 7) is 0. The molecule has 3 N–H and O–H groups in total. The van der Waals surface area contributed by atoms with Gasteiger partial charge < -0.3 is 14.9 Å². The Morgan fingerprint density at radius 3 is 2.90 bits per heavy atom. The Morgan fingerprint density at radius 2 is 2.20 bits per heavy atom. The summed E-state index contributed by atoms with van der Waals surface area (Å²) in [5, 5.41) is 26.7. The molecule has 0 amide bonds. The highest BCUT2D eigenvalue weighted by Gasteiger charge is 2.22. The Bertz CT molecular complexity index is 682. The number of nitrogens with one attached hydrogen (secondary N) is 1. The lowest BCUT2D eigenvalue weighted by Gasteiger charge is -2.17. The van der Waals surface area contributed by atoms with Gasteiger partial charge in [-0.3, -0.25) is 9.59 Å². The first-order valence-corrected chi connectivity index (χ1v) is 5.93. The van der Waals surface area contributed by atoms with Gasteiger partial charge in [0.1, 0.15) is 6.10 Å². The largest absolute Gasteiger partial charge is 0.469 e. The third-order valence-electron chi connectivity index (χ3n) is 3.00. The molecule has 2 atom stereocenters. The third kappa shape index (κ3) is 2.84. The maximum absolute atomic E-state index is 11.5. The SMILES string of the molecule is COC(=O)CC(O)C(O)c1ccc2c(=O)[nH]ncc2c1. The van der Waals surface area contributed by atoms with Crippen LogP contribution < -0.4 is 5.56 Å². The molecule has 1 aromatic carbocycles. The highest BCUT2D eigenvalue weighted by atomic mass is 16.5. The van der Waals surface area contributed by atoms with Crippen LogP contribution in [0, 0.1) is 0 Å². The molecule has 1 heterocycles. The fraction of sp³-hybridized carbons (Fsp3) is 0.308. The molecule has 7 heteroatoms. The molecule has 20 heavy (non-hydrogen) atoms. The predicted octanol–water partition coefficient (Wildman–Crippen LogP) is -0.120. The second kappa shape index (κ2) is 5.81. The molecule has 0 bridgehead atoms. The summed E-state index contributed by atoms with van der Waals surface area (Å²) in [6.07, 6.45) is -1.41. The van der Waals surface area contributed by atoms with Gasteiger partial charge in [-0.2, -0.15) is 5.10 Å². The van der Waals surface area contributed by atoms with Crippen LogP contribution in [0.4, 0.5) is 0 Å². The average Bonchev–Trinajstić information content (AvgIpc) is 2.46. The van der Waals surface area contributed by atoms with E-state index in [-0.39, 0.29) is 12.0 Å². The van der Waals surface area contributed by atoms with Gasteiger partial charge in [-0.05, 0) is 17.7 Å². The van der Waals surface area contributed by atoms with Crippen LogP contribution in [-0.2, 0) is 9.53 Å². The van der Waals surface area contributed by atoms with E-state index in [1.165, 1.54) is 25.4 Å². The van der Waals surface area contributed by atoms with E-state index < -0.39 is 18.2 Å². The minimum Gasteiger partial charge on any atom is -0.469 e. The number of benzene rings is 1. The number of ether oxygens (including phenoxy) is 1. The van der Waals surface area contributed by atoms with Gasteiger partial charge in [-0.15, -0.1) is 0 Å². The fourth-order valence-corrected chi connectivity index (χ4v) is 1.89. The quantitative estimate of drug-likeness (QED) is 0.672. The number of aromatic amines is 1. The molecule has 2 aromatic rings. The van der Waals surface area contributed by atoms with Crippen molar-refractivity contribution in [2.45, 2.75) is 18.6 Å². The summed E-state index contributed by atoms with van der Waals surface area (Å²) >= 11 is 0. The van der Waals surface area contributed by atoms with Crippen LogP contribution in [0.2, 0.25) is 0 Å². The highest BCUT2D eigenvalue weighted by molar-refractivity contribution is 5.81. The number of aliphatic hydroxyl groups excluding tert-OH is 2. The van der Waals surface area contributed by atoms with Crippen molar-refractivity contribution in [2.24, 2.45) is 0 Å². The number of hydrogen-bond donors (Lipinski definition) is 3. The monoisotopic (exact) mass is 278 g/mol. The van der Waals surface area contributed by atoms with Crippen LogP contribution in [0.15, 0.2) is 29.2 Å². The number of H-pyrrole nitrogens is 1. The number of aromatic nitrogens is 2. The van der Waals surface area contributed by atoms with Crippen molar-refractivity contribution in [1.82, 2.24) is 10.2 Å². The van der Waals surface area contributed by atoms with Crippen LogP contribution in [-0.4, -0.2) is 39.6 Å². The molecule has 2 rings (SSSR count). The van der Waals surface area contributed by atoms with Crippen molar-refractivity contribution in [3.8, 4) is 0 Å². The number of methoxy groups -OCH3 is 1. The number of esters is 1. The number of nitrogens with zero attached hydrogens (tertiary/aromatic N) is 1. The zero-order chi connectivity index (χ0) is 14.7. The number of carbonyl (C=O) groups is 1. The van der Waals surface area contributed by atoms with Crippen molar-refractivity contribution in [1.29, 1.82) is 0 Å². The molecule has 0 saturated heterocycles. The summed E-state index contributed by atoms with van der Waals surface area (Å²) in [4.78, 5) is 22.6. The molecule has 7 nitrogen and oxygen atoms in total. The molecule has 2 unspecified atom stereocenters. The summed E-state index contributed by atoms with van der Waals surface area (Å²) in [5.41, 5.74) is 0.0555. The van der Waals surface area contributed by atoms with Crippen LogP contribution in [0.25, 0.3) is 10.8 Å². The Kier molecular flexibility index (Phi) is 4.11. The Hall–Kier alpha value is -2.25. The van der Waals surface area contributed by atoms with Crippen molar-refractivity contribution >= 4 is 16.7 Å². The Balaban J connectivity index is 2.28. The minimum absolute atomic E-state index is 0.316. The van der Waals surface area contributed by atoms with E-state index in [1.807, 2.05) is 0 Å². The van der Waals surface area contributed by atoms with Crippen molar-refractivity contribution in [3.63, 3.8) is 0 Å². The molecule has 0 radical (unpaired) electrons. The second-order valence-corrected chi connectivity index (χ2v) is 4.34. The molecule has 0 fully saturated rings. The standard InChI is InChI=1S/C13H14N2O5/c1-20-11(17)5-10(16)12(18)7-2-3-9-8(4-7)6-14-15-13(9)19/h2-4,6,10,12,16,18H,5H2,1H3,(H,15,19). The van der Waals surface area contributed by atoms with Crippen molar-refractivity contribution in [2.75, 3.05) is 7.11 Å². The molecule has 0 aliphatic heterocycles. The van der Waals surface area contributed by atoms with Gasteiger partial charge in [0.25, 0.3) is 5.56 Å². The van der Waals surface area contributed by atoms with E-state index in [0.717, 1.165) is 0 Å². The number of aliphatic hydroxyl groups is 2. The van der Waals surface area contributed by atoms with Crippen LogP contribution in [0.1, 0.15) is 18.1 Å². The lowest BCUT2D eigenvalue weighted by Crippen LogP contribution is -2.22. The first kappa shape index (κ1) is 14.2. The van der Waals surface area contributed by atoms with E-state index in [0.29, 0.717) is 16.3 Å². The second-order valence-electron chi connectivity index (χ2n) is 4.34. The van der Waals surface area contributed by atoms with E-state index >= 15 is 0 Å². The average molecular weight is 278 g/mol. The van der Waals surface area contributed by atoms with E-state index in [4.69, 9.17) is 0 Å². The van der Waals surface area contributed by atoms with Gasteiger partial charge in [0.05, 0.1) is 31.2 Å². The minimum atomic E-state index is -1.28. The van der Waals surface area contributed by atoms with Gasteiger partial charge >= 0.3 is 5.97 Å². The summed E-state index contributed by atoms with van der Waals surface area (Å²) in [5.74, 6) is -0.615. The smallest absolute Gasteiger partial charge is 0.308 e. The maximum Gasteiger partial charge on any atom is 0.308 e. The summed E-state index contributed by atoms with van der Waals surface area (Å²) < 4.78 is 4.43. The topological polar surface area (TPSA) is 113 Å². The molecule has 1 aromatic heterocycles.